The minimum Gasteiger partial charge on any atom is -0.355 e. The van der Waals surface area contributed by atoms with Crippen molar-refractivity contribution in [2.75, 3.05) is 17.4 Å². The number of carbonyl (C=O) groups is 1. The van der Waals surface area contributed by atoms with Gasteiger partial charge in [-0.1, -0.05) is 50.5 Å². The van der Waals surface area contributed by atoms with Gasteiger partial charge in [0.1, 0.15) is 6.54 Å². The topological polar surface area (TPSA) is 66.5 Å². The number of amides is 1. The number of nitrogens with one attached hydrogen (secondary N) is 1. The lowest BCUT2D eigenvalue weighted by molar-refractivity contribution is -0.119. The molecule has 3 rings (SSSR count). The van der Waals surface area contributed by atoms with E-state index in [1.54, 1.807) is 18.2 Å². The lowest BCUT2D eigenvalue weighted by atomic mass is 10.1. The monoisotopic (exact) mass is 346 g/mol. The van der Waals surface area contributed by atoms with Crippen LogP contribution in [-0.4, -0.2) is 27.4 Å². The van der Waals surface area contributed by atoms with Crippen LogP contribution in [0.1, 0.15) is 32.6 Å². The van der Waals surface area contributed by atoms with Crippen molar-refractivity contribution < 1.29 is 13.2 Å². The van der Waals surface area contributed by atoms with Gasteiger partial charge in [0.15, 0.2) is 0 Å². The normalized spacial score (nSPS) is 15.0. The Bertz CT molecular complexity index is 856. The van der Waals surface area contributed by atoms with Crippen molar-refractivity contribution in [2.24, 2.45) is 0 Å². The largest absolute Gasteiger partial charge is 0.355 e. The Morgan fingerprint density at radius 1 is 1.08 bits per heavy atom. The number of rotatable bonds is 7. The highest BCUT2D eigenvalue weighted by atomic mass is 32.2. The molecule has 0 unspecified atom stereocenters. The second-order valence-corrected chi connectivity index (χ2v) is 7.88. The zero-order valence-electron chi connectivity index (χ0n) is 13.8. The van der Waals surface area contributed by atoms with Gasteiger partial charge in [-0.2, -0.15) is 0 Å². The van der Waals surface area contributed by atoms with Crippen LogP contribution in [0.4, 0.5) is 5.69 Å². The van der Waals surface area contributed by atoms with E-state index in [2.05, 4.69) is 12.2 Å². The number of benzene rings is 2. The van der Waals surface area contributed by atoms with E-state index in [0.29, 0.717) is 17.6 Å². The fraction of sp³-hybridized carbons (Fsp3) is 0.389. The van der Waals surface area contributed by atoms with E-state index in [1.807, 2.05) is 18.2 Å². The molecule has 1 amide bonds. The molecule has 1 aliphatic rings. The molecule has 0 saturated carbocycles. The van der Waals surface area contributed by atoms with Gasteiger partial charge in [-0.25, -0.2) is 8.42 Å². The lowest BCUT2D eigenvalue weighted by Crippen LogP contribution is -2.39. The SMILES string of the molecule is CCCCCCNC(=O)CN1c2cccc3cccc(c23)S1(=O)=O. The molecule has 0 fully saturated rings. The van der Waals surface area contributed by atoms with Gasteiger partial charge in [0.25, 0.3) is 10.0 Å². The Morgan fingerprint density at radius 2 is 1.83 bits per heavy atom. The lowest BCUT2D eigenvalue weighted by Gasteiger charge is -2.18. The molecule has 1 N–H and O–H groups in total. The highest BCUT2D eigenvalue weighted by molar-refractivity contribution is 7.93. The Balaban J connectivity index is 1.76. The number of hydrogen-bond acceptors (Lipinski definition) is 3. The van der Waals surface area contributed by atoms with Gasteiger partial charge >= 0.3 is 0 Å². The third-order valence-electron chi connectivity index (χ3n) is 4.32. The van der Waals surface area contributed by atoms with Crippen molar-refractivity contribution in [1.29, 1.82) is 0 Å². The second kappa shape index (κ2) is 6.81. The van der Waals surface area contributed by atoms with E-state index in [4.69, 9.17) is 0 Å². The quantitative estimate of drug-likeness (QED) is 0.784. The smallest absolute Gasteiger partial charge is 0.265 e. The maximum atomic E-state index is 12.8. The molecule has 0 spiro atoms. The van der Waals surface area contributed by atoms with E-state index in [-0.39, 0.29) is 17.3 Å². The number of unbranched alkanes of at least 4 members (excludes halogenated alkanes) is 3. The molecule has 0 atom stereocenters. The van der Waals surface area contributed by atoms with E-state index < -0.39 is 10.0 Å². The summed E-state index contributed by atoms with van der Waals surface area (Å²) in [5.74, 6) is -0.264. The van der Waals surface area contributed by atoms with Crippen molar-refractivity contribution in [3.05, 3.63) is 36.4 Å². The van der Waals surface area contributed by atoms with Gasteiger partial charge in [-0.3, -0.25) is 9.10 Å². The Kier molecular flexibility index (Phi) is 4.76. The summed E-state index contributed by atoms with van der Waals surface area (Å²) in [5.41, 5.74) is 0.587. The zero-order valence-corrected chi connectivity index (χ0v) is 14.6. The maximum absolute atomic E-state index is 12.8. The molecule has 0 saturated heterocycles. The van der Waals surface area contributed by atoms with Crippen LogP contribution in [0.5, 0.6) is 0 Å². The first-order valence-corrected chi connectivity index (χ1v) is 9.81. The fourth-order valence-corrected chi connectivity index (χ4v) is 4.76. The third kappa shape index (κ3) is 2.98. The van der Waals surface area contributed by atoms with Crippen molar-refractivity contribution in [3.63, 3.8) is 0 Å². The standard InChI is InChI=1S/C18H22N2O3S/c1-2-3-4-5-12-19-17(21)13-20-15-10-6-8-14-9-7-11-16(18(14)15)24(20,22)23/h6-11H,2-5,12-13H2,1H3,(H,19,21). The van der Waals surface area contributed by atoms with Gasteiger partial charge in [-0.15, -0.1) is 0 Å². The van der Waals surface area contributed by atoms with Crippen LogP contribution in [0.2, 0.25) is 0 Å². The summed E-state index contributed by atoms with van der Waals surface area (Å²) < 4.78 is 26.7. The predicted molar refractivity (Wildman–Crippen MR) is 95.6 cm³/mol. The van der Waals surface area contributed by atoms with Crippen LogP contribution in [0.15, 0.2) is 41.3 Å². The Morgan fingerprint density at radius 3 is 2.58 bits per heavy atom. The molecule has 128 valence electrons. The number of carbonyl (C=O) groups excluding carboxylic acids is 1. The van der Waals surface area contributed by atoms with Gasteiger partial charge in [0, 0.05) is 11.9 Å². The van der Waals surface area contributed by atoms with Crippen LogP contribution in [-0.2, 0) is 14.8 Å². The van der Waals surface area contributed by atoms with Gasteiger partial charge in [0.05, 0.1) is 10.6 Å². The van der Waals surface area contributed by atoms with E-state index in [1.165, 1.54) is 4.31 Å². The summed E-state index contributed by atoms with van der Waals surface area (Å²) in [6.07, 6.45) is 4.28. The Labute approximate surface area is 142 Å². The van der Waals surface area contributed by atoms with Crippen molar-refractivity contribution >= 4 is 32.4 Å². The summed E-state index contributed by atoms with van der Waals surface area (Å²) in [6, 6.07) is 10.7. The summed E-state index contributed by atoms with van der Waals surface area (Å²) in [4.78, 5) is 12.5. The number of nitrogens with zero attached hydrogens (tertiary/aromatic N) is 1. The van der Waals surface area contributed by atoms with Gasteiger partial charge in [0.2, 0.25) is 5.91 Å². The van der Waals surface area contributed by atoms with Gasteiger partial charge < -0.3 is 5.32 Å². The number of hydrogen-bond donors (Lipinski definition) is 1. The average molecular weight is 346 g/mol. The fourth-order valence-electron chi connectivity index (χ4n) is 3.09. The molecule has 5 nitrogen and oxygen atoms in total. The molecule has 24 heavy (non-hydrogen) atoms. The molecule has 0 radical (unpaired) electrons. The molecule has 1 heterocycles. The first kappa shape index (κ1) is 16.8. The third-order valence-corrected chi connectivity index (χ3v) is 6.12. The van der Waals surface area contributed by atoms with Crippen LogP contribution < -0.4 is 9.62 Å². The van der Waals surface area contributed by atoms with E-state index in [0.717, 1.165) is 31.1 Å². The van der Waals surface area contributed by atoms with Crippen molar-refractivity contribution in [3.8, 4) is 0 Å². The number of sulfonamides is 1. The summed E-state index contributed by atoms with van der Waals surface area (Å²) in [5, 5.41) is 4.40. The minimum absolute atomic E-state index is 0.177. The number of anilines is 1. The molecule has 0 aromatic heterocycles. The van der Waals surface area contributed by atoms with Crippen LogP contribution in [0, 0.1) is 0 Å². The summed E-state index contributed by atoms with van der Waals surface area (Å²) >= 11 is 0. The predicted octanol–water partition coefficient (Wildman–Crippen LogP) is 3.05. The van der Waals surface area contributed by atoms with Crippen LogP contribution in [0.25, 0.3) is 10.8 Å². The summed E-state index contributed by atoms with van der Waals surface area (Å²) in [7, 11) is -3.66. The highest BCUT2D eigenvalue weighted by Gasteiger charge is 2.36. The molecule has 0 bridgehead atoms. The first-order valence-electron chi connectivity index (χ1n) is 8.37. The average Bonchev–Trinajstić information content (AvgIpc) is 2.78. The second-order valence-electron chi connectivity index (χ2n) is 6.05. The van der Waals surface area contributed by atoms with Crippen molar-refractivity contribution in [2.45, 2.75) is 37.5 Å². The molecule has 2 aromatic rings. The van der Waals surface area contributed by atoms with Crippen molar-refractivity contribution in [1.82, 2.24) is 5.32 Å². The maximum Gasteiger partial charge on any atom is 0.265 e. The zero-order chi connectivity index (χ0) is 17.2. The first-order chi connectivity index (χ1) is 11.6. The van der Waals surface area contributed by atoms with E-state index >= 15 is 0 Å². The summed E-state index contributed by atoms with van der Waals surface area (Å²) in [6.45, 7) is 2.54. The molecule has 6 heteroatoms. The molecule has 2 aromatic carbocycles. The highest BCUT2D eigenvalue weighted by Crippen LogP contribution is 2.41. The van der Waals surface area contributed by atoms with Crippen LogP contribution >= 0.6 is 0 Å². The van der Waals surface area contributed by atoms with Crippen LogP contribution in [0.3, 0.4) is 0 Å². The van der Waals surface area contributed by atoms with E-state index in [9.17, 15) is 13.2 Å². The molecule has 1 aliphatic heterocycles. The minimum atomic E-state index is -3.66. The van der Waals surface area contributed by atoms with Gasteiger partial charge in [-0.05, 0) is 23.9 Å². The molecule has 0 aliphatic carbocycles. The Hall–Kier alpha value is -2.08. The molecular formula is C18H22N2O3S. The molecular weight excluding hydrogens is 324 g/mol.